The van der Waals surface area contributed by atoms with Crippen LogP contribution in [0.4, 0.5) is 5.13 Å². The zero-order chi connectivity index (χ0) is 13.2. The fourth-order valence-electron chi connectivity index (χ4n) is 2.65. The standard InChI is InChI=1S/C14H19N3OS/c1-17-7-6-11-12(9-17)19-14(15-11)16-13(18)8-10-4-2-3-5-10/h2,4,10H,3,5-9H2,1H3,(H,15,16,18)/t10-/m1/s1. The van der Waals surface area contributed by atoms with E-state index >= 15 is 0 Å². The lowest BCUT2D eigenvalue weighted by Gasteiger charge is -2.20. The summed E-state index contributed by atoms with van der Waals surface area (Å²) in [6, 6.07) is 0. The molecule has 0 aromatic carbocycles. The summed E-state index contributed by atoms with van der Waals surface area (Å²) >= 11 is 1.62. The van der Waals surface area contributed by atoms with E-state index in [1.807, 2.05) is 0 Å². The Morgan fingerprint density at radius 2 is 2.53 bits per heavy atom. The highest BCUT2D eigenvalue weighted by atomic mass is 32.1. The van der Waals surface area contributed by atoms with E-state index in [2.05, 4.69) is 34.4 Å². The molecule has 1 atom stereocenters. The van der Waals surface area contributed by atoms with Crippen LogP contribution in [0.3, 0.4) is 0 Å². The predicted octanol–water partition coefficient (Wildman–Crippen LogP) is 2.43. The van der Waals surface area contributed by atoms with Gasteiger partial charge in [0.2, 0.25) is 5.91 Å². The van der Waals surface area contributed by atoms with Crippen LogP contribution in [-0.2, 0) is 17.8 Å². The minimum absolute atomic E-state index is 0.0935. The van der Waals surface area contributed by atoms with Gasteiger partial charge in [0.05, 0.1) is 5.69 Å². The van der Waals surface area contributed by atoms with Gasteiger partial charge in [0, 0.05) is 30.8 Å². The zero-order valence-electron chi connectivity index (χ0n) is 11.2. The number of fused-ring (bicyclic) bond motifs is 1. The van der Waals surface area contributed by atoms with Crippen LogP contribution in [0.5, 0.6) is 0 Å². The Labute approximate surface area is 117 Å². The van der Waals surface area contributed by atoms with Crippen LogP contribution in [-0.4, -0.2) is 29.4 Å². The number of carbonyl (C=O) groups is 1. The Kier molecular flexibility index (Phi) is 3.66. The quantitative estimate of drug-likeness (QED) is 0.863. The summed E-state index contributed by atoms with van der Waals surface area (Å²) in [5.41, 5.74) is 1.17. The van der Waals surface area contributed by atoms with Crippen molar-refractivity contribution < 1.29 is 4.79 Å². The molecule has 4 nitrogen and oxygen atoms in total. The molecule has 5 heteroatoms. The number of rotatable bonds is 3. The highest BCUT2D eigenvalue weighted by Gasteiger charge is 2.20. The van der Waals surface area contributed by atoms with Gasteiger partial charge in [0.25, 0.3) is 0 Å². The molecule has 0 saturated heterocycles. The van der Waals surface area contributed by atoms with Crippen LogP contribution in [0.1, 0.15) is 29.8 Å². The number of thiazole rings is 1. The van der Waals surface area contributed by atoms with E-state index < -0.39 is 0 Å². The largest absolute Gasteiger partial charge is 0.302 e. The molecule has 1 aromatic rings. The van der Waals surface area contributed by atoms with E-state index in [-0.39, 0.29) is 5.91 Å². The second-order valence-electron chi connectivity index (χ2n) is 5.39. The maximum Gasteiger partial charge on any atom is 0.226 e. The zero-order valence-corrected chi connectivity index (χ0v) is 12.0. The van der Waals surface area contributed by atoms with Crippen molar-refractivity contribution in [3.63, 3.8) is 0 Å². The molecule has 3 rings (SSSR count). The Bertz CT molecular complexity index is 509. The first-order chi connectivity index (χ1) is 9.20. The van der Waals surface area contributed by atoms with Gasteiger partial charge in [-0.2, -0.15) is 0 Å². The first-order valence-corrected chi connectivity index (χ1v) is 7.66. The lowest BCUT2D eigenvalue weighted by atomic mass is 10.1. The van der Waals surface area contributed by atoms with Gasteiger partial charge in [-0.25, -0.2) is 4.98 Å². The average Bonchev–Trinajstić information content (AvgIpc) is 2.97. The molecule has 0 radical (unpaired) electrons. The van der Waals surface area contributed by atoms with E-state index in [0.29, 0.717) is 12.3 Å². The predicted molar refractivity (Wildman–Crippen MR) is 77.3 cm³/mol. The van der Waals surface area contributed by atoms with Gasteiger partial charge in [-0.1, -0.05) is 12.2 Å². The molecule has 0 saturated carbocycles. The van der Waals surface area contributed by atoms with Crippen molar-refractivity contribution in [3.8, 4) is 0 Å². The fraction of sp³-hybridized carbons (Fsp3) is 0.571. The van der Waals surface area contributed by atoms with E-state index in [0.717, 1.165) is 37.5 Å². The maximum atomic E-state index is 12.0. The Morgan fingerprint density at radius 1 is 1.63 bits per heavy atom. The van der Waals surface area contributed by atoms with E-state index in [1.165, 1.54) is 10.6 Å². The maximum absolute atomic E-state index is 12.0. The molecule has 0 bridgehead atoms. The van der Waals surface area contributed by atoms with Crippen LogP contribution in [0.2, 0.25) is 0 Å². The molecule has 102 valence electrons. The van der Waals surface area contributed by atoms with Crippen molar-refractivity contribution in [3.05, 3.63) is 22.7 Å². The number of hydrogen-bond donors (Lipinski definition) is 1. The highest BCUT2D eigenvalue weighted by molar-refractivity contribution is 7.15. The van der Waals surface area contributed by atoms with Crippen molar-refractivity contribution in [1.82, 2.24) is 9.88 Å². The van der Waals surface area contributed by atoms with Crippen LogP contribution in [0, 0.1) is 5.92 Å². The normalized spacial score (nSPS) is 22.5. The highest BCUT2D eigenvalue weighted by Crippen LogP contribution is 2.28. The summed E-state index contributed by atoms with van der Waals surface area (Å²) in [6.45, 7) is 2.01. The smallest absolute Gasteiger partial charge is 0.226 e. The van der Waals surface area contributed by atoms with Crippen molar-refractivity contribution >= 4 is 22.4 Å². The third-order valence-corrected chi connectivity index (χ3v) is 4.73. The number of anilines is 1. The van der Waals surface area contributed by atoms with E-state index in [4.69, 9.17) is 0 Å². The van der Waals surface area contributed by atoms with Crippen LogP contribution < -0.4 is 5.32 Å². The second-order valence-corrected chi connectivity index (χ2v) is 6.48. The molecule has 1 aromatic heterocycles. The first kappa shape index (κ1) is 12.8. The SMILES string of the molecule is CN1CCc2nc(NC(=O)C[C@@H]3C=CCC3)sc2C1. The van der Waals surface area contributed by atoms with Crippen molar-refractivity contribution in [1.29, 1.82) is 0 Å². The Morgan fingerprint density at radius 3 is 3.32 bits per heavy atom. The molecular weight excluding hydrogens is 258 g/mol. The van der Waals surface area contributed by atoms with Crippen LogP contribution in [0.25, 0.3) is 0 Å². The third kappa shape index (κ3) is 3.04. The molecule has 0 fully saturated rings. The number of allylic oxidation sites excluding steroid dienone is 2. The van der Waals surface area contributed by atoms with Crippen molar-refractivity contribution in [2.24, 2.45) is 5.92 Å². The van der Waals surface area contributed by atoms with E-state index in [9.17, 15) is 4.79 Å². The number of hydrogen-bond acceptors (Lipinski definition) is 4. The van der Waals surface area contributed by atoms with Gasteiger partial charge in [0.1, 0.15) is 0 Å². The van der Waals surface area contributed by atoms with Gasteiger partial charge in [-0.05, 0) is 25.8 Å². The van der Waals surface area contributed by atoms with Crippen LogP contribution in [0.15, 0.2) is 12.2 Å². The molecule has 0 spiro atoms. The molecule has 2 aliphatic rings. The number of nitrogens with zero attached hydrogens (tertiary/aromatic N) is 2. The Hall–Kier alpha value is -1.20. The molecular formula is C14H19N3OS. The molecule has 1 aliphatic heterocycles. The van der Waals surface area contributed by atoms with Gasteiger partial charge < -0.3 is 10.2 Å². The van der Waals surface area contributed by atoms with Crippen LogP contribution >= 0.6 is 11.3 Å². The lowest BCUT2D eigenvalue weighted by Crippen LogP contribution is -2.25. The Balaban J connectivity index is 1.60. The number of amides is 1. The number of aromatic nitrogens is 1. The summed E-state index contributed by atoms with van der Waals surface area (Å²) < 4.78 is 0. The monoisotopic (exact) mass is 277 g/mol. The minimum Gasteiger partial charge on any atom is -0.302 e. The molecule has 0 unspecified atom stereocenters. The number of carbonyl (C=O) groups excluding carboxylic acids is 1. The summed E-state index contributed by atoms with van der Waals surface area (Å²) in [4.78, 5) is 20.1. The lowest BCUT2D eigenvalue weighted by molar-refractivity contribution is -0.116. The molecule has 2 heterocycles. The molecule has 19 heavy (non-hydrogen) atoms. The molecule has 1 N–H and O–H groups in total. The average molecular weight is 277 g/mol. The number of likely N-dealkylation sites (N-methyl/N-ethyl adjacent to an activating group) is 1. The molecule has 1 amide bonds. The third-order valence-electron chi connectivity index (χ3n) is 3.73. The second kappa shape index (κ2) is 5.43. The topological polar surface area (TPSA) is 45.2 Å². The van der Waals surface area contributed by atoms with Crippen molar-refractivity contribution in [2.75, 3.05) is 18.9 Å². The van der Waals surface area contributed by atoms with Gasteiger partial charge >= 0.3 is 0 Å². The fourth-order valence-corrected chi connectivity index (χ4v) is 3.75. The van der Waals surface area contributed by atoms with Gasteiger partial charge in [0.15, 0.2) is 5.13 Å². The molecule has 1 aliphatic carbocycles. The van der Waals surface area contributed by atoms with Crippen molar-refractivity contribution in [2.45, 2.75) is 32.2 Å². The summed E-state index contributed by atoms with van der Waals surface area (Å²) in [6.07, 6.45) is 8.10. The number of nitrogens with one attached hydrogen (secondary N) is 1. The minimum atomic E-state index is 0.0935. The summed E-state index contributed by atoms with van der Waals surface area (Å²) in [5.74, 6) is 0.511. The van der Waals surface area contributed by atoms with E-state index in [1.54, 1.807) is 11.3 Å². The summed E-state index contributed by atoms with van der Waals surface area (Å²) in [5, 5.41) is 3.73. The first-order valence-electron chi connectivity index (χ1n) is 6.84. The van der Waals surface area contributed by atoms with Gasteiger partial charge in [-0.3, -0.25) is 4.79 Å². The summed E-state index contributed by atoms with van der Waals surface area (Å²) in [7, 11) is 2.12. The van der Waals surface area contributed by atoms with Gasteiger partial charge in [-0.15, -0.1) is 11.3 Å².